The first-order valence-corrected chi connectivity index (χ1v) is 6.95. The van der Waals surface area contributed by atoms with Crippen LogP contribution in [0.4, 0.5) is 10.1 Å². The molecule has 5 heteroatoms. The number of amides is 1. The summed E-state index contributed by atoms with van der Waals surface area (Å²) in [6.45, 7) is 0.788. The second-order valence-electron chi connectivity index (χ2n) is 5.20. The zero-order chi connectivity index (χ0) is 14.7. The average Bonchev–Trinajstić information content (AvgIpc) is 3.30. The maximum atomic E-state index is 13.1. The van der Waals surface area contributed by atoms with Crippen molar-refractivity contribution in [2.24, 2.45) is 0 Å². The van der Waals surface area contributed by atoms with Gasteiger partial charge in [-0.1, -0.05) is 12.1 Å². The van der Waals surface area contributed by atoms with Crippen LogP contribution in [0, 0.1) is 5.82 Å². The molecule has 0 radical (unpaired) electrons. The van der Waals surface area contributed by atoms with E-state index in [1.165, 1.54) is 25.1 Å². The van der Waals surface area contributed by atoms with Crippen LogP contribution in [-0.4, -0.2) is 16.9 Å². The van der Waals surface area contributed by atoms with Gasteiger partial charge in [-0.15, -0.1) is 0 Å². The van der Waals surface area contributed by atoms with Gasteiger partial charge in [0.1, 0.15) is 5.82 Å². The molecule has 1 heterocycles. The number of anilines is 1. The van der Waals surface area contributed by atoms with Crippen LogP contribution in [-0.2, 0) is 6.54 Å². The highest BCUT2D eigenvalue weighted by Gasteiger charge is 2.19. The molecule has 1 aromatic carbocycles. The molecule has 0 aliphatic heterocycles. The van der Waals surface area contributed by atoms with Crippen molar-refractivity contribution in [1.29, 1.82) is 0 Å². The number of rotatable bonds is 5. The van der Waals surface area contributed by atoms with Gasteiger partial charge in [0.05, 0.1) is 11.8 Å². The molecule has 1 aromatic heterocycles. The lowest BCUT2D eigenvalue weighted by atomic mass is 10.2. The Morgan fingerprint density at radius 2 is 2.14 bits per heavy atom. The Labute approximate surface area is 122 Å². The Morgan fingerprint density at radius 1 is 1.29 bits per heavy atom. The number of hydrogen-bond acceptors (Lipinski definition) is 3. The van der Waals surface area contributed by atoms with Gasteiger partial charge in [-0.25, -0.2) is 4.39 Å². The van der Waals surface area contributed by atoms with Crippen LogP contribution in [0.5, 0.6) is 0 Å². The first kappa shape index (κ1) is 13.7. The number of halogens is 1. The first-order chi connectivity index (χ1) is 10.2. The van der Waals surface area contributed by atoms with Gasteiger partial charge >= 0.3 is 0 Å². The van der Waals surface area contributed by atoms with E-state index in [2.05, 4.69) is 15.6 Å². The number of carbonyl (C=O) groups is 1. The summed E-state index contributed by atoms with van der Waals surface area (Å²) in [6, 6.07) is 9.44. The van der Waals surface area contributed by atoms with Crippen molar-refractivity contribution < 1.29 is 9.18 Å². The second kappa shape index (κ2) is 6.01. The second-order valence-corrected chi connectivity index (χ2v) is 5.20. The monoisotopic (exact) mass is 285 g/mol. The van der Waals surface area contributed by atoms with Crippen molar-refractivity contribution in [2.45, 2.75) is 25.4 Å². The maximum Gasteiger partial charge on any atom is 0.257 e. The van der Waals surface area contributed by atoms with Gasteiger partial charge in [-0.05, 0) is 36.6 Å². The van der Waals surface area contributed by atoms with Crippen LogP contribution in [0.25, 0.3) is 0 Å². The first-order valence-electron chi connectivity index (χ1n) is 6.95. The summed E-state index contributed by atoms with van der Waals surface area (Å²) in [5.74, 6) is -0.890. The smallest absolute Gasteiger partial charge is 0.257 e. The van der Waals surface area contributed by atoms with Crippen molar-refractivity contribution in [2.75, 3.05) is 5.32 Å². The Morgan fingerprint density at radius 3 is 2.90 bits per heavy atom. The summed E-state index contributed by atoms with van der Waals surface area (Å²) in [7, 11) is 0. The molecule has 3 rings (SSSR count). The molecule has 1 amide bonds. The standard InChI is InChI=1S/C16H16FN3O/c17-13-7-12(9-18-10-13)16(21)20-15-3-1-2-11(6-15)8-19-14-4-5-14/h1-3,6-7,9-10,14,19H,4-5,8H2,(H,20,21). The van der Waals surface area contributed by atoms with Crippen molar-refractivity contribution >= 4 is 11.6 Å². The van der Waals surface area contributed by atoms with Crippen molar-refractivity contribution in [3.8, 4) is 0 Å². The number of pyridine rings is 1. The van der Waals surface area contributed by atoms with E-state index in [1.807, 2.05) is 24.3 Å². The Balaban J connectivity index is 1.66. The van der Waals surface area contributed by atoms with E-state index >= 15 is 0 Å². The third-order valence-corrected chi connectivity index (χ3v) is 3.32. The maximum absolute atomic E-state index is 13.1. The van der Waals surface area contributed by atoms with E-state index in [9.17, 15) is 9.18 Å². The van der Waals surface area contributed by atoms with E-state index < -0.39 is 5.82 Å². The fourth-order valence-electron chi connectivity index (χ4n) is 2.05. The van der Waals surface area contributed by atoms with Crippen LogP contribution in [0.1, 0.15) is 28.8 Å². The number of aromatic nitrogens is 1. The fraction of sp³-hybridized carbons (Fsp3) is 0.250. The largest absolute Gasteiger partial charge is 0.322 e. The highest BCUT2D eigenvalue weighted by molar-refractivity contribution is 6.04. The van der Waals surface area contributed by atoms with E-state index in [0.717, 1.165) is 18.3 Å². The fourth-order valence-corrected chi connectivity index (χ4v) is 2.05. The summed E-state index contributed by atoms with van der Waals surface area (Å²) >= 11 is 0. The molecule has 2 aromatic rings. The molecule has 0 unspecified atom stereocenters. The van der Waals surface area contributed by atoms with Gasteiger partial charge in [-0.3, -0.25) is 9.78 Å². The van der Waals surface area contributed by atoms with Crippen LogP contribution in [0.3, 0.4) is 0 Å². The van der Waals surface area contributed by atoms with Gasteiger partial charge < -0.3 is 10.6 Å². The van der Waals surface area contributed by atoms with Crippen molar-refractivity contribution in [3.63, 3.8) is 0 Å². The zero-order valence-electron chi connectivity index (χ0n) is 11.5. The lowest BCUT2D eigenvalue weighted by Gasteiger charge is -2.08. The number of carbonyl (C=O) groups excluding carboxylic acids is 1. The third-order valence-electron chi connectivity index (χ3n) is 3.32. The van der Waals surface area contributed by atoms with Gasteiger partial charge in [0.25, 0.3) is 5.91 Å². The van der Waals surface area contributed by atoms with Crippen LogP contribution in [0.2, 0.25) is 0 Å². The molecule has 0 spiro atoms. The Bertz CT molecular complexity index is 655. The summed E-state index contributed by atoms with van der Waals surface area (Å²) in [5, 5.41) is 6.18. The Hall–Kier alpha value is -2.27. The summed E-state index contributed by atoms with van der Waals surface area (Å²) < 4.78 is 13.1. The van der Waals surface area contributed by atoms with Crippen molar-refractivity contribution in [3.05, 3.63) is 59.7 Å². The molecule has 0 saturated heterocycles. The quantitative estimate of drug-likeness (QED) is 0.888. The van der Waals surface area contributed by atoms with Gasteiger partial charge in [0, 0.05) is 24.5 Å². The number of hydrogen-bond donors (Lipinski definition) is 2. The molecule has 0 bridgehead atoms. The minimum Gasteiger partial charge on any atom is -0.322 e. The van der Waals surface area contributed by atoms with E-state index in [1.54, 1.807) is 0 Å². The highest BCUT2D eigenvalue weighted by Crippen LogP contribution is 2.20. The topological polar surface area (TPSA) is 54.0 Å². The molecule has 1 fully saturated rings. The van der Waals surface area contributed by atoms with E-state index in [4.69, 9.17) is 0 Å². The summed E-state index contributed by atoms with van der Waals surface area (Å²) in [6.07, 6.45) is 4.89. The molecular weight excluding hydrogens is 269 g/mol. The van der Waals surface area contributed by atoms with Crippen molar-refractivity contribution in [1.82, 2.24) is 10.3 Å². The van der Waals surface area contributed by atoms with Crippen LogP contribution in [0.15, 0.2) is 42.7 Å². The molecule has 4 nitrogen and oxygen atoms in total. The molecule has 1 aliphatic rings. The summed E-state index contributed by atoms with van der Waals surface area (Å²) in [5.41, 5.74) is 2.01. The van der Waals surface area contributed by atoms with Gasteiger partial charge in [0.15, 0.2) is 0 Å². The molecule has 1 saturated carbocycles. The van der Waals surface area contributed by atoms with Gasteiger partial charge in [-0.2, -0.15) is 0 Å². The molecule has 108 valence electrons. The average molecular weight is 285 g/mol. The lowest BCUT2D eigenvalue weighted by molar-refractivity contribution is 0.102. The minimum atomic E-state index is -0.523. The normalized spacial score (nSPS) is 14.0. The van der Waals surface area contributed by atoms with Gasteiger partial charge in [0.2, 0.25) is 0 Å². The number of nitrogens with zero attached hydrogens (tertiary/aromatic N) is 1. The zero-order valence-corrected chi connectivity index (χ0v) is 11.5. The Kier molecular flexibility index (Phi) is 3.92. The number of benzene rings is 1. The van der Waals surface area contributed by atoms with Crippen LogP contribution >= 0.6 is 0 Å². The molecule has 21 heavy (non-hydrogen) atoms. The molecular formula is C16H16FN3O. The van der Waals surface area contributed by atoms with E-state index in [0.29, 0.717) is 11.7 Å². The number of nitrogens with one attached hydrogen (secondary N) is 2. The predicted octanol–water partition coefficient (Wildman–Crippen LogP) is 2.73. The van der Waals surface area contributed by atoms with E-state index in [-0.39, 0.29) is 11.5 Å². The highest BCUT2D eigenvalue weighted by atomic mass is 19.1. The van der Waals surface area contributed by atoms with Crippen LogP contribution < -0.4 is 10.6 Å². The lowest BCUT2D eigenvalue weighted by Crippen LogP contribution is -2.16. The predicted molar refractivity (Wildman–Crippen MR) is 78.5 cm³/mol. The summed E-state index contributed by atoms with van der Waals surface area (Å²) in [4.78, 5) is 15.7. The molecule has 1 aliphatic carbocycles. The third kappa shape index (κ3) is 3.86. The molecule has 2 N–H and O–H groups in total. The minimum absolute atomic E-state index is 0.205. The SMILES string of the molecule is O=C(Nc1cccc(CNC2CC2)c1)c1cncc(F)c1. The molecule has 0 atom stereocenters.